The molecule has 0 spiro atoms. The normalized spacial score (nSPS) is 28.2. The van der Waals surface area contributed by atoms with E-state index in [1.165, 1.54) is 16.7 Å². The highest BCUT2D eigenvalue weighted by molar-refractivity contribution is 5.23. The smallest absolute Gasteiger partial charge is 0.0743 e. The Morgan fingerprint density at radius 3 is 1.20 bits per heavy atom. The Bertz CT molecular complexity index is 1590. The van der Waals surface area contributed by atoms with Crippen molar-refractivity contribution >= 4 is 0 Å². The molecular weight excluding hydrogens is 859 g/mol. The number of nitrogens with zero attached hydrogens (tertiary/aromatic N) is 5. The second kappa shape index (κ2) is 31.6. The van der Waals surface area contributed by atoms with Gasteiger partial charge in [-0.05, 0) is 134 Å². The Morgan fingerprint density at radius 2 is 0.826 bits per heavy atom. The number of piperidine rings is 1. The Labute approximate surface area is 424 Å². The number of ether oxygens (including phenoxy) is 5. The third-order valence-electron chi connectivity index (χ3n) is 14.8. The zero-order valence-corrected chi connectivity index (χ0v) is 46.9. The Balaban J connectivity index is 1.61. The van der Waals surface area contributed by atoms with Crippen molar-refractivity contribution in [2.24, 2.45) is 23.7 Å². The van der Waals surface area contributed by atoms with Gasteiger partial charge in [-0.15, -0.1) is 0 Å². The van der Waals surface area contributed by atoms with E-state index in [9.17, 15) is 0 Å². The molecule has 2 saturated heterocycles. The van der Waals surface area contributed by atoms with Crippen molar-refractivity contribution in [2.45, 2.75) is 182 Å². The second-order valence-corrected chi connectivity index (χ2v) is 23.5. The van der Waals surface area contributed by atoms with E-state index < -0.39 is 0 Å². The number of hydrogen-bond acceptors (Lipinski definition) is 10. The van der Waals surface area contributed by atoms with E-state index in [2.05, 4.69) is 177 Å². The van der Waals surface area contributed by atoms with Gasteiger partial charge in [0, 0.05) is 77.1 Å². The molecule has 2 heterocycles. The molecule has 0 aromatic heterocycles. The Hall–Kier alpha value is -1.96. The lowest BCUT2D eigenvalue weighted by Crippen LogP contribution is -2.47. The van der Waals surface area contributed by atoms with Gasteiger partial charge >= 0.3 is 0 Å². The van der Waals surface area contributed by atoms with Crippen LogP contribution in [0.3, 0.4) is 0 Å². The van der Waals surface area contributed by atoms with Gasteiger partial charge in [-0.3, -0.25) is 24.5 Å². The van der Waals surface area contributed by atoms with Gasteiger partial charge in [0.1, 0.15) is 0 Å². The zero-order valence-electron chi connectivity index (χ0n) is 46.9. The van der Waals surface area contributed by atoms with Gasteiger partial charge in [-0.2, -0.15) is 0 Å². The summed E-state index contributed by atoms with van der Waals surface area (Å²) in [6, 6.07) is 21.4. The number of likely N-dealkylation sites (tertiary alicyclic amines) is 1. The SMILES string of the molecule is COC1CCN(Cc2ccc(C[C@@H]3CN(C)[C@@H](CC(C)C)CO[C@H](C)CN(C)[C@@H](CC(C)C)CO[C@H](Cc4ccccc4)CN(C)[C@@H](CC(C)C)CO[C@H](C)CN(C)[C@@H](CC(C)C)CO3)cc2)CC1. The lowest BCUT2D eigenvalue weighted by molar-refractivity contribution is -0.0536. The zero-order chi connectivity index (χ0) is 50.5. The summed E-state index contributed by atoms with van der Waals surface area (Å²) in [5.41, 5.74) is 4.03. The first-order valence-electron chi connectivity index (χ1n) is 27.5. The third kappa shape index (κ3) is 23.2. The van der Waals surface area contributed by atoms with Crippen LogP contribution in [-0.2, 0) is 43.1 Å². The average molecular weight is 965 g/mol. The van der Waals surface area contributed by atoms with E-state index in [-0.39, 0.29) is 48.6 Å². The van der Waals surface area contributed by atoms with Crippen LogP contribution in [0.1, 0.15) is 124 Å². The summed E-state index contributed by atoms with van der Waals surface area (Å²) in [6.07, 6.45) is 8.89. The molecule has 0 aliphatic carbocycles. The van der Waals surface area contributed by atoms with E-state index in [1.54, 1.807) is 0 Å². The lowest BCUT2D eigenvalue weighted by atomic mass is 10.0. The molecule has 396 valence electrons. The first-order chi connectivity index (χ1) is 32.9. The highest BCUT2D eigenvalue weighted by Gasteiger charge is 2.29. The largest absolute Gasteiger partial charge is 0.381 e. The molecular formula is C59H105N5O5. The van der Waals surface area contributed by atoms with Crippen molar-refractivity contribution in [2.75, 3.05) is 101 Å². The highest BCUT2D eigenvalue weighted by Crippen LogP contribution is 2.23. The summed E-state index contributed by atoms with van der Waals surface area (Å²) in [5, 5.41) is 0. The van der Waals surface area contributed by atoms with Crippen LogP contribution in [0.4, 0.5) is 0 Å². The van der Waals surface area contributed by atoms with Gasteiger partial charge in [0.2, 0.25) is 0 Å². The van der Waals surface area contributed by atoms with Gasteiger partial charge in [0.15, 0.2) is 0 Å². The van der Waals surface area contributed by atoms with Crippen molar-refractivity contribution in [3.8, 4) is 0 Å². The standard InChI is InChI=1S/C59H105N5O5/c1-44(2)29-53-40-66-49(10)36-61(12)56(32-47(7)8)43-69-59(34-51-21-23-52(24-22-51)37-64-27-25-57(65-15)26-28-64)39-63(14)54(30-45(3)4)41-67-48(9)35-60(11)55(31-46(5)6)42-68-58(38-62(53)13)33-50-19-17-16-18-20-50/h16-24,44-49,53-59H,25-43H2,1-15H3/t48-,49-,53+,54+,55+,56+,58-,59-/m1/s1. The summed E-state index contributed by atoms with van der Waals surface area (Å²) in [4.78, 5) is 12.7. The van der Waals surface area contributed by atoms with Crippen molar-refractivity contribution < 1.29 is 23.7 Å². The summed E-state index contributed by atoms with van der Waals surface area (Å²) < 4.78 is 33.6. The lowest BCUT2D eigenvalue weighted by Gasteiger charge is -2.37. The molecule has 0 N–H and O–H groups in total. The fourth-order valence-electron chi connectivity index (χ4n) is 10.7. The average Bonchev–Trinajstić information content (AvgIpc) is 3.29. The van der Waals surface area contributed by atoms with E-state index >= 15 is 0 Å². The van der Waals surface area contributed by atoms with Gasteiger partial charge < -0.3 is 23.7 Å². The fraction of sp³-hybridized carbons (Fsp3) is 0.797. The molecule has 0 saturated carbocycles. The molecule has 2 fully saturated rings. The summed E-state index contributed by atoms with van der Waals surface area (Å²) in [7, 11) is 11.0. The van der Waals surface area contributed by atoms with Crippen molar-refractivity contribution in [1.29, 1.82) is 0 Å². The predicted molar refractivity (Wildman–Crippen MR) is 289 cm³/mol. The topological polar surface area (TPSA) is 62.3 Å². The Kier molecular flexibility index (Phi) is 27.3. The van der Waals surface area contributed by atoms with Gasteiger partial charge in [-0.25, -0.2) is 0 Å². The first kappa shape index (κ1) is 59.6. The van der Waals surface area contributed by atoms with Crippen molar-refractivity contribution in [3.63, 3.8) is 0 Å². The maximum atomic E-state index is 7.20. The molecule has 4 rings (SSSR count). The Morgan fingerprint density at radius 1 is 0.478 bits per heavy atom. The van der Waals surface area contributed by atoms with E-state index in [4.69, 9.17) is 23.7 Å². The molecule has 69 heavy (non-hydrogen) atoms. The first-order valence-corrected chi connectivity index (χ1v) is 27.5. The van der Waals surface area contributed by atoms with E-state index in [0.29, 0.717) is 56.2 Å². The minimum absolute atomic E-state index is 0.0317. The maximum absolute atomic E-state index is 7.20. The van der Waals surface area contributed by atoms with E-state index in [0.717, 1.165) is 97.2 Å². The van der Waals surface area contributed by atoms with E-state index in [1.807, 2.05) is 7.11 Å². The minimum atomic E-state index is 0.0317. The number of likely N-dealkylation sites (N-methyl/N-ethyl adjacent to an activating group) is 4. The molecule has 2 aliphatic rings. The van der Waals surface area contributed by atoms with Gasteiger partial charge in [0.05, 0.1) is 56.9 Å². The van der Waals surface area contributed by atoms with Crippen LogP contribution >= 0.6 is 0 Å². The minimum Gasteiger partial charge on any atom is -0.381 e. The summed E-state index contributed by atoms with van der Waals surface area (Å²) in [5.74, 6) is 2.19. The molecule has 0 bridgehead atoms. The quantitative estimate of drug-likeness (QED) is 0.173. The molecule has 0 unspecified atom stereocenters. The van der Waals surface area contributed by atoms with Crippen LogP contribution in [0.2, 0.25) is 0 Å². The number of rotatable bonds is 15. The van der Waals surface area contributed by atoms with Gasteiger partial charge in [-0.1, -0.05) is 110 Å². The van der Waals surface area contributed by atoms with Crippen LogP contribution in [0, 0.1) is 23.7 Å². The number of hydrogen-bond donors (Lipinski definition) is 0. The molecule has 2 aliphatic heterocycles. The molecule has 2 aromatic rings. The summed E-state index contributed by atoms with van der Waals surface area (Å²) in [6.45, 7) is 32.5. The molecule has 0 amide bonds. The summed E-state index contributed by atoms with van der Waals surface area (Å²) >= 11 is 0. The second-order valence-electron chi connectivity index (χ2n) is 23.5. The molecule has 0 radical (unpaired) electrons. The number of methoxy groups -OCH3 is 1. The van der Waals surface area contributed by atoms with Crippen LogP contribution < -0.4 is 0 Å². The van der Waals surface area contributed by atoms with Crippen molar-refractivity contribution in [3.05, 3.63) is 71.3 Å². The molecule has 10 heteroatoms. The molecule has 8 atom stereocenters. The predicted octanol–water partition coefficient (Wildman–Crippen LogP) is 10.1. The highest BCUT2D eigenvalue weighted by atomic mass is 16.5. The van der Waals surface area contributed by atoms with Crippen LogP contribution in [0.15, 0.2) is 54.6 Å². The molecule has 2 aromatic carbocycles. The molecule has 10 nitrogen and oxygen atoms in total. The van der Waals surface area contributed by atoms with Crippen molar-refractivity contribution in [1.82, 2.24) is 24.5 Å². The van der Waals surface area contributed by atoms with Crippen LogP contribution in [0.5, 0.6) is 0 Å². The number of benzene rings is 2. The maximum Gasteiger partial charge on any atom is 0.0743 e. The third-order valence-corrected chi connectivity index (χ3v) is 14.8. The monoisotopic (exact) mass is 964 g/mol. The van der Waals surface area contributed by atoms with Crippen LogP contribution in [-0.4, -0.2) is 180 Å². The fourth-order valence-corrected chi connectivity index (χ4v) is 10.7. The van der Waals surface area contributed by atoms with Gasteiger partial charge in [0.25, 0.3) is 0 Å². The van der Waals surface area contributed by atoms with Crippen LogP contribution in [0.25, 0.3) is 0 Å².